The van der Waals surface area contributed by atoms with Gasteiger partial charge in [0.05, 0.1) is 18.1 Å². The predicted molar refractivity (Wildman–Crippen MR) is 120 cm³/mol. The Morgan fingerprint density at radius 3 is 2.50 bits per heavy atom. The summed E-state index contributed by atoms with van der Waals surface area (Å²) in [5, 5.41) is 2.29. The molecule has 10 heteroatoms. The van der Waals surface area contributed by atoms with Gasteiger partial charge in [-0.2, -0.15) is 4.31 Å². The topological polar surface area (TPSA) is 102 Å². The van der Waals surface area contributed by atoms with E-state index >= 15 is 0 Å². The standard InChI is InChI=1S/C22H24N2O6S2/c1-15(30-22(26)20-14-16-4-2-3-5-19(16)31-20)21(25)23-17-6-8-18(9-7-17)32(27,28)24-10-12-29-13-11-24/h2-9,15,20H,10-14H2,1H3,(H,23,25)/t15-,20-/m1/s1. The molecular weight excluding hydrogens is 452 g/mol. The van der Waals surface area contributed by atoms with Crippen molar-refractivity contribution in [2.24, 2.45) is 0 Å². The summed E-state index contributed by atoms with van der Waals surface area (Å²) >= 11 is 1.44. The highest BCUT2D eigenvalue weighted by Crippen LogP contribution is 2.37. The molecule has 32 heavy (non-hydrogen) atoms. The Morgan fingerprint density at radius 1 is 1.12 bits per heavy atom. The molecule has 170 valence electrons. The fourth-order valence-electron chi connectivity index (χ4n) is 3.51. The first-order valence-corrected chi connectivity index (χ1v) is 12.6. The molecule has 0 unspecified atom stereocenters. The van der Waals surface area contributed by atoms with Crippen molar-refractivity contribution < 1.29 is 27.5 Å². The van der Waals surface area contributed by atoms with Crippen molar-refractivity contribution in [3.63, 3.8) is 0 Å². The van der Waals surface area contributed by atoms with Crippen molar-refractivity contribution >= 4 is 39.3 Å². The summed E-state index contributed by atoms with van der Waals surface area (Å²) in [6, 6.07) is 13.7. The third-order valence-electron chi connectivity index (χ3n) is 5.30. The smallest absolute Gasteiger partial charge is 0.320 e. The van der Waals surface area contributed by atoms with Crippen molar-refractivity contribution in [3.8, 4) is 0 Å². The quantitative estimate of drug-likeness (QED) is 0.638. The van der Waals surface area contributed by atoms with Crippen molar-refractivity contribution in [1.82, 2.24) is 4.31 Å². The summed E-state index contributed by atoms with van der Waals surface area (Å²) in [4.78, 5) is 26.2. The van der Waals surface area contributed by atoms with Gasteiger partial charge in [0, 0.05) is 23.7 Å². The number of ether oxygens (including phenoxy) is 2. The van der Waals surface area contributed by atoms with Crippen LogP contribution in [0.1, 0.15) is 12.5 Å². The molecule has 0 spiro atoms. The molecule has 2 aromatic carbocycles. The Labute approximate surface area is 191 Å². The fourth-order valence-corrected chi connectivity index (χ4v) is 6.10. The van der Waals surface area contributed by atoms with Crippen molar-refractivity contribution in [2.45, 2.75) is 34.5 Å². The van der Waals surface area contributed by atoms with Crippen LogP contribution in [0.15, 0.2) is 58.3 Å². The van der Waals surface area contributed by atoms with Gasteiger partial charge >= 0.3 is 5.97 Å². The summed E-state index contributed by atoms with van der Waals surface area (Å²) < 4.78 is 37.3. The number of rotatable bonds is 6. The Hall–Kier alpha value is -2.40. The second-order valence-corrected chi connectivity index (χ2v) is 10.7. The molecule has 0 saturated carbocycles. The number of benzene rings is 2. The summed E-state index contributed by atoms with van der Waals surface area (Å²) in [7, 11) is -3.60. The van der Waals surface area contributed by atoms with Gasteiger partial charge in [-0.05, 0) is 49.2 Å². The Morgan fingerprint density at radius 2 is 1.81 bits per heavy atom. The third kappa shape index (κ3) is 4.98. The van der Waals surface area contributed by atoms with Crippen LogP contribution in [0.4, 0.5) is 5.69 Å². The number of fused-ring (bicyclic) bond motifs is 1. The van der Waals surface area contributed by atoms with Gasteiger partial charge < -0.3 is 14.8 Å². The lowest BCUT2D eigenvalue weighted by Gasteiger charge is -2.26. The van der Waals surface area contributed by atoms with E-state index in [9.17, 15) is 18.0 Å². The molecule has 0 bridgehead atoms. The number of morpholine rings is 1. The molecule has 1 amide bonds. The molecule has 2 atom stereocenters. The number of sulfonamides is 1. The molecule has 0 radical (unpaired) electrons. The summed E-state index contributed by atoms with van der Waals surface area (Å²) in [5.74, 6) is -0.913. The minimum absolute atomic E-state index is 0.148. The first-order chi connectivity index (χ1) is 15.3. The fraction of sp³-hybridized carbons (Fsp3) is 0.364. The zero-order valence-electron chi connectivity index (χ0n) is 17.5. The molecule has 0 aliphatic carbocycles. The van der Waals surface area contributed by atoms with E-state index in [2.05, 4.69) is 5.32 Å². The van der Waals surface area contributed by atoms with Gasteiger partial charge in [-0.3, -0.25) is 9.59 Å². The van der Waals surface area contributed by atoms with Crippen molar-refractivity contribution in [1.29, 1.82) is 0 Å². The van der Waals surface area contributed by atoms with E-state index in [0.29, 0.717) is 38.4 Å². The first kappa shape index (κ1) is 22.8. The molecule has 2 aliphatic rings. The van der Waals surface area contributed by atoms with E-state index in [4.69, 9.17) is 9.47 Å². The maximum atomic E-state index is 12.7. The Balaban J connectivity index is 1.32. The molecule has 2 aromatic rings. The molecule has 2 heterocycles. The summed E-state index contributed by atoms with van der Waals surface area (Å²) in [5.41, 5.74) is 1.52. The van der Waals surface area contributed by atoms with Gasteiger partial charge in [-0.25, -0.2) is 8.42 Å². The van der Waals surface area contributed by atoms with Gasteiger partial charge in [0.25, 0.3) is 5.91 Å². The zero-order chi connectivity index (χ0) is 22.7. The largest absolute Gasteiger partial charge is 0.452 e. The predicted octanol–water partition coefficient (Wildman–Crippen LogP) is 2.29. The number of hydrogen-bond donors (Lipinski definition) is 1. The average molecular weight is 477 g/mol. The average Bonchev–Trinajstić information content (AvgIpc) is 3.24. The van der Waals surface area contributed by atoms with Crippen LogP contribution in [0.3, 0.4) is 0 Å². The van der Waals surface area contributed by atoms with Crippen LogP contribution in [0, 0.1) is 0 Å². The van der Waals surface area contributed by atoms with E-state index in [1.807, 2.05) is 24.3 Å². The van der Waals surface area contributed by atoms with Crippen LogP contribution in [0.5, 0.6) is 0 Å². The monoisotopic (exact) mass is 476 g/mol. The summed E-state index contributed by atoms with van der Waals surface area (Å²) in [6.45, 7) is 2.88. The van der Waals surface area contributed by atoms with E-state index in [1.165, 1.54) is 47.3 Å². The molecule has 2 aliphatic heterocycles. The van der Waals surface area contributed by atoms with Gasteiger partial charge in [-0.1, -0.05) is 18.2 Å². The van der Waals surface area contributed by atoms with Gasteiger partial charge in [0.2, 0.25) is 10.0 Å². The second-order valence-electron chi connectivity index (χ2n) is 7.53. The SMILES string of the molecule is C[C@@H](OC(=O)[C@H]1Cc2ccccc2S1)C(=O)Nc1ccc(S(=O)(=O)N2CCOCC2)cc1. The Bertz CT molecular complexity index is 1070. The van der Waals surface area contributed by atoms with Gasteiger partial charge in [0.1, 0.15) is 5.25 Å². The van der Waals surface area contributed by atoms with Crippen LogP contribution in [0.2, 0.25) is 0 Å². The number of amides is 1. The molecule has 1 fully saturated rings. The number of nitrogens with zero attached hydrogens (tertiary/aromatic N) is 1. The maximum Gasteiger partial charge on any atom is 0.320 e. The lowest BCUT2D eigenvalue weighted by Crippen LogP contribution is -2.40. The highest BCUT2D eigenvalue weighted by atomic mass is 32.2. The molecule has 1 saturated heterocycles. The number of esters is 1. The molecule has 8 nitrogen and oxygen atoms in total. The number of carbonyl (C=O) groups excluding carboxylic acids is 2. The van der Waals surface area contributed by atoms with Crippen LogP contribution in [-0.4, -0.2) is 62.3 Å². The van der Waals surface area contributed by atoms with E-state index < -0.39 is 28.0 Å². The minimum Gasteiger partial charge on any atom is -0.452 e. The number of thioether (sulfide) groups is 1. The first-order valence-electron chi connectivity index (χ1n) is 10.3. The lowest BCUT2D eigenvalue weighted by molar-refractivity contribution is -0.152. The number of anilines is 1. The molecule has 1 N–H and O–H groups in total. The second kappa shape index (κ2) is 9.62. The number of hydrogen-bond acceptors (Lipinski definition) is 7. The van der Waals surface area contributed by atoms with E-state index in [0.717, 1.165) is 10.5 Å². The zero-order valence-corrected chi connectivity index (χ0v) is 19.2. The van der Waals surface area contributed by atoms with Gasteiger partial charge in [-0.15, -0.1) is 11.8 Å². The van der Waals surface area contributed by atoms with Crippen molar-refractivity contribution in [3.05, 3.63) is 54.1 Å². The van der Waals surface area contributed by atoms with E-state index in [-0.39, 0.29) is 10.1 Å². The van der Waals surface area contributed by atoms with Gasteiger partial charge in [0.15, 0.2) is 6.10 Å². The molecule has 0 aromatic heterocycles. The summed E-state index contributed by atoms with van der Waals surface area (Å²) in [6.07, 6.45) is -0.406. The number of carbonyl (C=O) groups is 2. The highest BCUT2D eigenvalue weighted by molar-refractivity contribution is 8.01. The lowest BCUT2D eigenvalue weighted by atomic mass is 10.1. The van der Waals surface area contributed by atoms with Crippen LogP contribution in [0.25, 0.3) is 0 Å². The minimum atomic E-state index is -3.60. The Kier molecular flexibility index (Phi) is 6.85. The molecule has 4 rings (SSSR count). The normalized spacial score (nSPS) is 19.7. The molecular formula is C22H24N2O6S2. The highest BCUT2D eigenvalue weighted by Gasteiger charge is 2.31. The van der Waals surface area contributed by atoms with Crippen LogP contribution in [-0.2, 0) is 35.5 Å². The van der Waals surface area contributed by atoms with E-state index in [1.54, 1.807) is 0 Å². The van der Waals surface area contributed by atoms with Crippen LogP contribution >= 0.6 is 11.8 Å². The number of nitrogens with one attached hydrogen (secondary N) is 1. The van der Waals surface area contributed by atoms with Crippen LogP contribution < -0.4 is 5.32 Å². The third-order valence-corrected chi connectivity index (χ3v) is 8.51. The maximum absolute atomic E-state index is 12.7. The van der Waals surface area contributed by atoms with Crippen molar-refractivity contribution in [2.75, 3.05) is 31.6 Å².